The Morgan fingerprint density at radius 1 is 1.58 bits per heavy atom. The SMILES string of the molecule is CCCNC(=O)[C@@H]1CCC(=O)N(C)[C@@H]1c1cccs1. The van der Waals surface area contributed by atoms with Gasteiger partial charge in [-0.15, -0.1) is 11.3 Å². The molecule has 0 spiro atoms. The molecule has 2 heterocycles. The first-order valence-electron chi connectivity index (χ1n) is 6.72. The number of thiophene rings is 1. The Bertz CT molecular complexity index is 444. The number of carbonyl (C=O) groups is 2. The fourth-order valence-electron chi connectivity index (χ4n) is 2.54. The topological polar surface area (TPSA) is 49.4 Å². The molecule has 19 heavy (non-hydrogen) atoms. The molecular formula is C14H20N2O2S. The van der Waals surface area contributed by atoms with Crippen molar-refractivity contribution in [1.29, 1.82) is 0 Å². The molecule has 0 saturated carbocycles. The Morgan fingerprint density at radius 2 is 2.37 bits per heavy atom. The molecule has 104 valence electrons. The quantitative estimate of drug-likeness (QED) is 0.919. The van der Waals surface area contributed by atoms with E-state index in [1.165, 1.54) is 0 Å². The fourth-order valence-corrected chi connectivity index (χ4v) is 3.47. The van der Waals surface area contributed by atoms with Gasteiger partial charge in [0.15, 0.2) is 0 Å². The molecule has 2 atom stereocenters. The van der Waals surface area contributed by atoms with E-state index >= 15 is 0 Å². The first-order valence-corrected chi connectivity index (χ1v) is 7.60. The van der Waals surface area contributed by atoms with E-state index < -0.39 is 0 Å². The summed E-state index contributed by atoms with van der Waals surface area (Å²) in [5.74, 6) is 0.0606. The van der Waals surface area contributed by atoms with Gasteiger partial charge in [0.1, 0.15) is 0 Å². The normalized spacial score (nSPS) is 23.5. The summed E-state index contributed by atoms with van der Waals surface area (Å²) in [6, 6.07) is 3.86. The largest absolute Gasteiger partial charge is 0.356 e. The predicted molar refractivity (Wildman–Crippen MR) is 75.9 cm³/mol. The fraction of sp³-hybridized carbons (Fsp3) is 0.571. The lowest BCUT2D eigenvalue weighted by Crippen LogP contribution is -2.46. The molecule has 4 nitrogen and oxygen atoms in total. The van der Waals surface area contributed by atoms with E-state index in [9.17, 15) is 9.59 Å². The van der Waals surface area contributed by atoms with Gasteiger partial charge in [-0.05, 0) is 24.3 Å². The van der Waals surface area contributed by atoms with Crippen LogP contribution in [-0.2, 0) is 9.59 Å². The van der Waals surface area contributed by atoms with Crippen molar-refractivity contribution in [3.05, 3.63) is 22.4 Å². The van der Waals surface area contributed by atoms with Gasteiger partial charge in [0.25, 0.3) is 0 Å². The number of piperidine rings is 1. The highest BCUT2D eigenvalue weighted by molar-refractivity contribution is 7.10. The van der Waals surface area contributed by atoms with Gasteiger partial charge in [-0.25, -0.2) is 0 Å². The van der Waals surface area contributed by atoms with Crippen LogP contribution in [0.5, 0.6) is 0 Å². The minimum atomic E-state index is -0.132. The van der Waals surface area contributed by atoms with Crippen molar-refractivity contribution >= 4 is 23.2 Å². The third-order valence-corrected chi connectivity index (χ3v) is 4.52. The maximum atomic E-state index is 12.3. The van der Waals surface area contributed by atoms with E-state index in [1.807, 2.05) is 24.4 Å². The minimum absolute atomic E-state index is 0.0691. The molecule has 1 fully saturated rings. The summed E-state index contributed by atoms with van der Waals surface area (Å²) in [6.07, 6.45) is 2.03. The molecule has 0 aliphatic carbocycles. The predicted octanol–water partition coefficient (Wildman–Crippen LogP) is 2.18. The van der Waals surface area contributed by atoms with Crippen molar-refractivity contribution in [2.45, 2.75) is 32.2 Å². The van der Waals surface area contributed by atoms with E-state index in [1.54, 1.807) is 23.3 Å². The molecule has 0 aromatic carbocycles. The van der Waals surface area contributed by atoms with Gasteiger partial charge in [0, 0.05) is 24.9 Å². The molecule has 1 N–H and O–H groups in total. The molecule has 1 saturated heterocycles. The number of amides is 2. The van der Waals surface area contributed by atoms with Crippen molar-refractivity contribution in [2.24, 2.45) is 5.92 Å². The Kier molecular flexibility index (Phi) is 4.58. The van der Waals surface area contributed by atoms with Crippen molar-refractivity contribution in [2.75, 3.05) is 13.6 Å². The van der Waals surface area contributed by atoms with Crippen molar-refractivity contribution in [1.82, 2.24) is 10.2 Å². The van der Waals surface area contributed by atoms with Gasteiger partial charge in [-0.2, -0.15) is 0 Å². The summed E-state index contributed by atoms with van der Waals surface area (Å²) in [4.78, 5) is 27.0. The molecule has 2 rings (SSSR count). The highest BCUT2D eigenvalue weighted by Gasteiger charge is 2.39. The van der Waals surface area contributed by atoms with Crippen molar-refractivity contribution in [3.8, 4) is 0 Å². The molecule has 5 heteroatoms. The van der Waals surface area contributed by atoms with Gasteiger partial charge in [0.05, 0.1) is 12.0 Å². The first kappa shape index (κ1) is 14.1. The molecule has 1 aliphatic heterocycles. The van der Waals surface area contributed by atoms with E-state index in [4.69, 9.17) is 0 Å². The van der Waals surface area contributed by atoms with Gasteiger partial charge in [-0.1, -0.05) is 13.0 Å². The third kappa shape index (κ3) is 2.97. The van der Waals surface area contributed by atoms with Gasteiger partial charge in [0.2, 0.25) is 11.8 Å². The van der Waals surface area contributed by atoms with Crippen LogP contribution < -0.4 is 5.32 Å². The lowest BCUT2D eigenvalue weighted by molar-refractivity contribution is -0.141. The molecule has 0 bridgehead atoms. The molecule has 0 radical (unpaired) electrons. The zero-order valence-corrected chi connectivity index (χ0v) is 12.2. The van der Waals surface area contributed by atoms with E-state index in [0.29, 0.717) is 19.4 Å². The summed E-state index contributed by atoms with van der Waals surface area (Å²) in [5, 5.41) is 4.95. The molecule has 1 aliphatic rings. The van der Waals surface area contributed by atoms with Crippen LogP contribution in [0.4, 0.5) is 0 Å². The van der Waals surface area contributed by atoms with E-state index in [-0.39, 0.29) is 23.8 Å². The summed E-state index contributed by atoms with van der Waals surface area (Å²) >= 11 is 1.61. The molecule has 0 unspecified atom stereocenters. The lowest BCUT2D eigenvalue weighted by Gasteiger charge is -2.37. The van der Waals surface area contributed by atoms with Crippen LogP contribution in [0.1, 0.15) is 37.1 Å². The summed E-state index contributed by atoms with van der Waals surface area (Å²) in [7, 11) is 1.80. The number of carbonyl (C=O) groups excluding carboxylic acids is 2. The number of hydrogen-bond acceptors (Lipinski definition) is 3. The van der Waals surface area contributed by atoms with Crippen LogP contribution in [0.25, 0.3) is 0 Å². The Balaban J connectivity index is 2.20. The first-order chi connectivity index (χ1) is 9.15. The number of nitrogens with one attached hydrogen (secondary N) is 1. The number of hydrogen-bond donors (Lipinski definition) is 1. The molecule has 1 aromatic rings. The Hall–Kier alpha value is -1.36. The number of nitrogens with zero attached hydrogens (tertiary/aromatic N) is 1. The number of rotatable bonds is 4. The highest BCUT2D eigenvalue weighted by atomic mass is 32.1. The maximum Gasteiger partial charge on any atom is 0.225 e. The average molecular weight is 280 g/mol. The van der Waals surface area contributed by atoms with Crippen LogP contribution in [0.2, 0.25) is 0 Å². The summed E-state index contributed by atoms with van der Waals surface area (Å²) in [6.45, 7) is 2.73. The standard InChI is InChI=1S/C14H20N2O2S/c1-3-8-15-14(18)10-6-7-12(17)16(2)13(10)11-5-4-9-19-11/h4-5,9-10,13H,3,6-8H2,1-2H3,(H,15,18)/t10-,13+/m1/s1. The van der Waals surface area contributed by atoms with Gasteiger partial charge >= 0.3 is 0 Å². The number of likely N-dealkylation sites (tertiary alicyclic amines) is 1. The minimum Gasteiger partial charge on any atom is -0.356 e. The van der Waals surface area contributed by atoms with Gasteiger partial charge < -0.3 is 10.2 Å². The van der Waals surface area contributed by atoms with Crippen LogP contribution in [0, 0.1) is 5.92 Å². The lowest BCUT2D eigenvalue weighted by atomic mass is 9.87. The zero-order chi connectivity index (χ0) is 13.8. The van der Waals surface area contributed by atoms with Crippen LogP contribution in [0.3, 0.4) is 0 Å². The highest BCUT2D eigenvalue weighted by Crippen LogP contribution is 2.37. The van der Waals surface area contributed by atoms with Crippen LogP contribution in [-0.4, -0.2) is 30.3 Å². The third-order valence-electron chi connectivity index (χ3n) is 3.58. The second-order valence-electron chi connectivity index (χ2n) is 4.90. The molecule has 1 aromatic heterocycles. The van der Waals surface area contributed by atoms with Gasteiger partial charge in [-0.3, -0.25) is 9.59 Å². The second kappa shape index (κ2) is 6.19. The smallest absolute Gasteiger partial charge is 0.225 e. The maximum absolute atomic E-state index is 12.3. The summed E-state index contributed by atoms with van der Waals surface area (Å²) < 4.78 is 0. The molecule has 2 amide bonds. The van der Waals surface area contributed by atoms with Crippen molar-refractivity contribution < 1.29 is 9.59 Å². The molecular weight excluding hydrogens is 260 g/mol. The monoisotopic (exact) mass is 280 g/mol. The second-order valence-corrected chi connectivity index (χ2v) is 5.88. The Morgan fingerprint density at radius 3 is 3.00 bits per heavy atom. The van der Waals surface area contributed by atoms with E-state index in [2.05, 4.69) is 5.32 Å². The van der Waals surface area contributed by atoms with Crippen LogP contribution >= 0.6 is 11.3 Å². The zero-order valence-electron chi connectivity index (χ0n) is 11.4. The Labute approximate surface area is 117 Å². The van der Waals surface area contributed by atoms with E-state index in [0.717, 1.165) is 11.3 Å². The van der Waals surface area contributed by atoms with Crippen molar-refractivity contribution in [3.63, 3.8) is 0 Å². The summed E-state index contributed by atoms with van der Waals surface area (Å²) in [5.41, 5.74) is 0. The average Bonchev–Trinajstić information content (AvgIpc) is 2.92. The van der Waals surface area contributed by atoms with Crippen LogP contribution in [0.15, 0.2) is 17.5 Å².